The molecule has 1 aliphatic carbocycles. The summed E-state index contributed by atoms with van der Waals surface area (Å²) in [5, 5.41) is 0. The van der Waals surface area contributed by atoms with Crippen molar-refractivity contribution in [1.29, 1.82) is 0 Å². The summed E-state index contributed by atoms with van der Waals surface area (Å²) in [6.07, 6.45) is -2.72. The molecule has 0 spiro atoms. The highest BCUT2D eigenvalue weighted by Gasteiger charge is 2.37. The predicted octanol–water partition coefficient (Wildman–Crippen LogP) is 17.1. The number of rotatable bonds is 17. The zero-order chi connectivity index (χ0) is 41.6. The van der Waals surface area contributed by atoms with Gasteiger partial charge in [-0.3, -0.25) is 0 Å². The van der Waals surface area contributed by atoms with Crippen molar-refractivity contribution in [1.82, 2.24) is 0 Å². The number of thioether (sulfide) groups is 4. The van der Waals surface area contributed by atoms with Gasteiger partial charge in [-0.1, -0.05) is 46.8 Å². The zero-order valence-corrected chi connectivity index (χ0v) is 37.6. The van der Waals surface area contributed by atoms with Crippen LogP contribution in [0.1, 0.15) is 65.0 Å². The molecule has 2 nitrogen and oxygen atoms in total. The summed E-state index contributed by atoms with van der Waals surface area (Å²) in [5.74, 6) is 3.19. The van der Waals surface area contributed by atoms with Crippen molar-refractivity contribution in [3.05, 3.63) is 145 Å². The maximum atomic E-state index is 12.9. The van der Waals surface area contributed by atoms with Gasteiger partial charge in [0.15, 0.2) is 0 Å². The second kappa shape index (κ2) is 19.2. The molecule has 0 fully saturated rings. The first-order valence-electron chi connectivity index (χ1n) is 20.4. The maximum absolute atomic E-state index is 12.9. The van der Waals surface area contributed by atoms with E-state index in [1.54, 1.807) is 0 Å². The van der Waals surface area contributed by atoms with Crippen LogP contribution in [0.15, 0.2) is 153 Å². The smallest absolute Gasteiger partial charge is 0.310 e. The van der Waals surface area contributed by atoms with Gasteiger partial charge in [-0.25, -0.2) is 0 Å². The van der Waals surface area contributed by atoms with Gasteiger partial charge in [0, 0.05) is 64.9 Å². The molecule has 0 saturated heterocycles. The molecule has 6 aromatic rings. The second-order valence-electron chi connectivity index (χ2n) is 15.1. The Morgan fingerprint density at radius 1 is 0.441 bits per heavy atom. The van der Waals surface area contributed by atoms with E-state index < -0.39 is 12.6 Å². The van der Waals surface area contributed by atoms with E-state index in [9.17, 15) is 13.2 Å². The fraction of sp³-hybridized carbons (Fsp3) is 0.280. The highest BCUT2D eigenvalue weighted by molar-refractivity contribution is 8.00. The van der Waals surface area contributed by atoms with E-state index in [1.165, 1.54) is 48.7 Å². The molecule has 0 amide bonds. The molecule has 0 saturated carbocycles. The molecule has 306 valence electrons. The maximum Gasteiger partial charge on any atom is 0.389 e. The summed E-state index contributed by atoms with van der Waals surface area (Å²) in [4.78, 5) is 9.22. The Balaban J connectivity index is 1.25. The van der Waals surface area contributed by atoms with Crippen LogP contribution in [0.4, 0.5) is 47.3 Å². The molecular formula is C50H51F3N2S4. The summed E-state index contributed by atoms with van der Waals surface area (Å²) in [5.41, 5.74) is 11.1. The van der Waals surface area contributed by atoms with Gasteiger partial charge in [0.2, 0.25) is 0 Å². The third-order valence-electron chi connectivity index (χ3n) is 10.5. The largest absolute Gasteiger partial charge is 0.389 e. The Morgan fingerprint density at radius 3 is 1.08 bits per heavy atom. The van der Waals surface area contributed by atoms with E-state index >= 15 is 0 Å². The molecular weight excluding hydrogens is 814 g/mol. The van der Waals surface area contributed by atoms with Crippen LogP contribution in [-0.4, -0.2) is 29.2 Å². The van der Waals surface area contributed by atoms with Gasteiger partial charge in [-0.05, 0) is 174 Å². The molecule has 6 aromatic carbocycles. The van der Waals surface area contributed by atoms with Crippen LogP contribution in [0, 0.1) is 0 Å². The van der Waals surface area contributed by atoms with E-state index in [1.807, 2.05) is 59.6 Å². The number of nitrogens with zero attached hydrogens (tertiary/aromatic N) is 2. The van der Waals surface area contributed by atoms with Crippen molar-refractivity contribution in [2.45, 2.75) is 85.1 Å². The summed E-state index contributed by atoms with van der Waals surface area (Å²) in [7, 11) is 0. The summed E-state index contributed by atoms with van der Waals surface area (Å²) in [6.45, 7) is 11.2. The van der Waals surface area contributed by atoms with Crippen molar-refractivity contribution < 1.29 is 13.2 Å². The Hall–Kier alpha value is -3.89. The number of benzene rings is 6. The van der Waals surface area contributed by atoms with Crippen LogP contribution >= 0.6 is 47.0 Å². The van der Waals surface area contributed by atoms with Crippen LogP contribution in [0.3, 0.4) is 0 Å². The van der Waals surface area contributed by atoms with Gasteiger partial charge >= 0.3 is 6.18 Å². The average Bonchev–Trinajstić information content (AvgIpc) is 3.46. The number of hydrogen-bond donors (Lipinski definition) is 0. The predicted molar refractivity (Wildman–Crippen MR) is 253 cm³/mol. The fourth-order valence-electron chi connectivity index (χ4n) is 7.54. The molecule has 0 radical (unpaired) electrons. The summed E-state index contributed by atoms with van der Waals surface area (Å²) < 4.78 is 38.7. The molecule has 0 heterocycles. The van der Waals surface area contributed by atoms with Crippen molar-refractivity contribution in [3.8, 4) is 11.1 Å². The molecule has 7 rings (SSSR count). The van der Waals surface area contributed by atoms with Crippen LogP contribution in [-0.2, 0) is 5.41 Å². The minimum atomic E-state index is -4.16. The number of anilines is 6. The number of hydrogen-bond acceptors (Lipinski definition) is 6. The third kappa shape index (κ3) is 10.2. The number of fused-ring (bicyclic) bond motifs is 3. The Kier molecular flexibility index (Phi) is 14.1. The molecule has 59 heavy (non-hydrogen) atoms. The summed E-state index contributed by atoms with van der Waals surface area (Å²) >= 11 is 6.84. The zero-order valence-electron chi connectivity index (χ0n) is 34.3. The van der Waals surface area contributed by atoms with Crippen molar-refractivity contribution in [3.63, 3.8) is 0 Å². The second-order valence-corrected chi connectivity index (χ2v) is 19.9. The van der Waals surface area contributed by atoms with Crippen LogP contribution in [0.5, 0.6) is 0 Å². The minimum Gasteiger partial charge on any atom is -0.310 e. The third-order valence-corrected chi connectivity index (χ3v) is 14.8. The van der Waals surface area contributed by atoms with Gasteiger partial charge in [-0.2, -0.15) is 13.2 Å². The van der Waals surface area contributed by atoms with Gasteiger partial charge in [0.1, 0.15) is 0 Å². The normalized spacial score (nSPS) is 12.9. The Bertz CT molecular complexity index is 2310. The average molecular weight is 865 g/mol. The lowest BCUT2D eigenvalue weighted by molar-refractivity contribution is -0.129. The van der Waals surface area contributed by atoms with Crippen molar-refractivity contribution >= 4 is 81.2 Å². The molecule has 0 aromatic heterocycles. The number of alkyl halides is 3. The van der Waals surface area contributed by atoms with Gasteiger partial charge in [0.25, 0.3) is 0 Å². The topological polar surface area (TPSA) is 6.48 Å². The van der Waals surface area contributed by atoms with E-state index in [0.29, 0.717) is 0 Å². The lowest BCUT2D eigenvalue weighted by Gasteiger charge is -2.29. The van der Waals surface area contributed by atoms with E-state index in [0.717, 1.165) is 69.1 Å². The van der Waals surface area contributed by atoms with Gasteiger partial charge < -0.3 is 9.80 Å². The van der Waals surface area contributed by atoms with E-state index in [-0.39, 0.29) is 11.2 Å². The first kappa shape index (κ1) is 43.2. The molecule has 0 atom stereocenters. The highest BCUT2D eigenvalue weighted by atomic mass is 32.2. The van der Waals surface area contributed by atoms with Crippen LogP contribution in [0.2, 0.25) is 0 Å². The van der Waals surface area contributed by atoms with Gasteiger partial charge in [0.05, 0.1) is 6.42 Å². The van der Waals surface area contributed by atoms with Crippen LogP contribution in [0.25, 0.3) is 11.1 Å². The minimum absolute atomic E-state index is 0.00171. The molecule has 9 heteroatoms. The molecule has 0 aliphatic heterocycles. The molecule has 0 N–H and O–H groups in total. The lowest BCUT2D eigenvalue weighted by Crippen LogP contribution is -2.17. The number of halogens is 3. The van der Waals surface area contributed by atoms with Crippen LogP contribution < -0.4 is 9.80 Å². The van der Waals surface area contributed by atoms with E-state index in [4.69, 9.17) is 0 Å². The Labute approximate surface area is 365 Å². The first-order valence-corrected chi connectivity index (χ1v) is 24.3. The lowest BCUT2D eigenvalue weighted by atomic mass is 9.82. The van der Waals surface area contributed by atoms with Crippen molar-refractivity contribution in [2.24, 2.45) is 0 Å². The first-order chi connectivity index (χ1) is 28.5. The highest BCUT2D eigenvalue weighted by Crippen LogP contribution is 2.52. The molecule has 1 aliphatic rings. The fourth-order valence-corrected chi connectivity index (χ4v) is 10.6. The summed E-state index contributed by atoms with van der Waals surface area (Å²) in [6, 6.07) is 48.2. The van der Waals surface area contributed by atoms with E-state index in [2.05, 4.69) is 154 Å². The Morgan fingerprint density at radius 2 is 0.763 bits per heavy atom. The molecule has 0 unspecified atom stereocenters. The molecule has 0 bridgehead atoms. The monoisotopic (exact) mass is 864 g/mol. The SMILES string of the molecule is CCCSc1ccc(N(c2ccc(SCC)cc2)c2ccc3c(c2)C(C)(C)c2cc(N(c4ccc(SCCC)cc4)c4ccc(SCCC(F)(F)F)cc4)ccc2-3)cc1. The van der Waals surface area contributed by atoms with Gasteiger partial charge in [-0.15, -0.1) is 47.0 Å². The van der Waals surface area contributed by atoms with Crippen molar-refractivity contribution in [2.75, 3.05) is 32.8 Å². The quantitative estimate of drug-likeness (QED) is 0.0837. The standard InChI is InChI=1S/C50H51F3N2S4/c1-6-30-57-42-21-11-36(12-22-42)54(35-9-19-41(20-10-35)56-8-3)39-17-27-45-46-28-18-40(34-48(46)49(4,5)47(45)33-39)55(37-13-23-43(24-14-37)58-31-7-2)38-15-25-44(26-16-38)59-32-29-50(51,52)53/h9-28,33-34H,6-8,29-32H2,1-5H3.